The third kappa shape index (κ3) is 6.89. The van der Waals surface area contributed by atoms with E-state index >= 15 is 0 Å². The molecule has 0 aliphatic carbocycles. The lowest BCUT2D eigenvalue weighted by Crippen LogP contribution is -2.42. The first kappa shape index (κ1) is 32.2. The van der Waals surface area contributed by atoms with E-state index in [0.29, 0.717) is 41.3 Å². The second-order valence-corrected chi connectivity index (χ2v) is 12.2. The molecule has 1 aliphatic heterocycles. The van der Waals surface area contributed by atoms with Crippen molar-refractivity contribution < 1.29 is 37.7 Å². The number of halogens is 3. The number of piperidine rings is 1. The number of benzene rings is 1. The van der Waals surface area contributed by atoms with Gasteiger partial charge in [-0.1, -0.05) is 19.1 Å². The summed E-state index contributed by atoms with van der Waals surface area (Å²) in [6.07, 6.45) is -2.85. The Bertz CT molecular complexity index is 1710. The normalized spacial score (nSPS) is 14.9. The summed E-state index contributed by atoms with van der Waals surface area (Å²) in [5, 5.41) is 22.6. The number of carbonyl (C=O) groups is 2. The summed E-state index contributed by atoms with van der Waals surface area (Å²) in [5.41, 5.74) is 1.25. The van der Waals surface area contributed by atoms with Gasteiger partial charge < -0.3 is 19.8 Å². The van der Waals surface area contributed by atoms with E-state index in [2.05, 4.69) is 23.1 Å². The molecule has 5 rings (SSSR count). The van der Waals surface area contributed by atoms with Crippen LogP contribution in [-0.2, 0) is 24.0 Å². The van der Waals surface area contributed by atoms with E-state index in [1.54, 1.807) is 17.0 Å². The Balaban J connectivity index is 1.34. The fourth-order valence-electron chi connectivity index (χ4n) is 5.72. The lowest BCUT2D eigenvalue weighted by atomic mass is 9.85. The van der Waals surface area contributed by atoms with E-state index in [0.717, 1.165) is 40.1 Å². The standard InChI is InChI=1S/C32H33F3N4O5S/c1-4-20-15-23(8-9-24(20)21-10-12-38(13-11-21)30(41)19(3)40)44-17-22-14-18(2)45-28(22)26-6-5-7-27(37-26)39-29(32(33,34)35)25(16-36-39)31(42)43/h5-9,14-16,19,21,40H,4,10-13,17H2,1-3H3,(H,42,43). The van der Waals surface area contributed by atoms with Gasteiger partial charge in [0, 0.05) is 23.5 Å². The molecule has 0 radical (unpaired) electrons. The molecule has 238 valence electrons. The van der Waals surface area contributed by atoms with E-state index in [1.807, 2.05) is 25.1 Å². The first-order valence-corrected chi connectivity index (χ1v) is 15.4. The summed E-state index contributed by atoms with van der Waals surface area (Å²) in [7, 11) is 0. The minimum Gasteiger partial charge on any atom is -0.489 e. The van der Waals surface area contributed by atoms with Crippen molar-refractivity contribution in [1.82, 2.24) is 19.7 Å². The molecule has 0 spiro atoms. The largest absolute Gasteiger partial charge is 0.489 e. The van der Waals surface area contributed by atoms with Gasteiger partial charge in [-0.25, -0.2) is 14.5 Å². The minimum atomic E-state index is -4.96. The summed E-state index contributed by atoms with van der Waals surface area (Å²) in [6.45, 7) is 6.89. The number of hydrogen-bond acceptors (Lipinski definition) is 7. The van der Waals surface area contributed by atoms with Crippen molar-refractivity contribution >= 4 is 23.2 Å². The van der Waals surface area contributed by atoms with Crippen molar-refractivity contribution in [2.75, 3.05) is 13.1 Å². The van der Waals surface area contributed by atoms with Gasteiger partial charge in [0.1, 0.15) is 24.0 Å². The molecule has 3 aromatic heterocycles. The Morgan fingerprint density at radius 2 is 1.87 bits per heavy atom. The van der Waals surface area contributed by atoms with Crippen LogP contribution in [0.1, 0.15) is 70.2 Å². The monoisotopic (exact) mass is 642 g/mol. The van der Waals surface area contributed by atoms with Gasteiger partial charge in [-0.15, -0.1) is 11.3 Å². The first-order chi connectivity index (χ1) is 21.4. The van der Waals surface area contributed by atoms with Crippen LogP contribution in [0.2, 0.25) is 0 Å². The fourth-order valence-corrected chi connectivity index (χ4v) is 6.71. The highest BCUT2D eigenvalue weighted by Gasteiger charge is 2.41. The van der Waals surface area contributed by atoms with E-state index < -0.39 is 29.5 Å². The van der Waals surface area contributed by atoms with E-state index in [1.165, 1.54) is 29.9 Å². The Labute approximate surface area is 261 Å². The number of amides is 1. The Morgan fingerprint density at radius 1 is 1.13 bits per heavy atom. The van der Waals surface area contributed by atoms with Crippen molar-refractivity contribution in [3.05, 3.63) is 81.5 Å². The van der Waals surface area contributed by atoms with Crippen LogP contribution in [0.4, 0.5) is 13.2 Å². The summed E-state index contributed by atoms with van der Waals surface area (Å²) < 4.78 is 48.1. The zero-order valence-electron chi connectivity index (χ0n) is 25.0. The van der Waals surface area contributed by atoms with Gasteiger partial charge in [0.2, 0.25) is 0 Å². The van der Waals surface area contributed by atoms with Gasteiger partial charge in [-0.3, -0.25) is 4.79 Å². The van der Waals surface area contributed by atoms with Crippen LogP contribution in [-0.4, -0.2) is 60.9 Å². The molecular weight excluding hydrogens is 609 g/mol. The third-order valence-electron chi connectivity index (χ3n) is 7.88. The lowest BCUT2D eigenvalue weighted by molar-refractivity contribution is -0.143. The van der Waals surface area contributed by atoms with E-state index in [4.69, 9.17) is 4.74 Å². The van der Waals surface area contributed by atoms with Crippen LogP contribution in [0.3, 0.4) is 0 Å². The number of thiophene rings is 1. The van der Waals surface area contributed by atoms with Crippen LogP contribution in [0.25, 0.3) is 16.4 Å². The number of aromatic nitrogens is 3. The SMILES string of the molecule is CCc1cc(OCc2cc(C)sc2-c2cccc(-n3ncc(C(=O)O)c3C(F)(F)F)n2)ccc1C1CCN(C(=O)C(C)O)CC1. The van der Waals surface area contributed by atoms with Crippen LogP contribution >= 0.6 is 11.3 Å². The molecule has 1 amide bonds. The second kappa shape index (κ2) is 13.0. The second-order valence-electron chi connectivity index (χ2n) is 11.0. The summed E-state index contributed by atoms with van der Waals surface area (Å²) in [5.74, 6) is -1.14. The van der Waals surface area contributed by atoms with Crippen LogP contribution in [0.5, 0.6) is 5.75 Å². The van der Waals surface area contributed by atoms with Crippen LogP contribution in [0.15, 0.2) is 48.7 Å². The number of alkyl halides is 3. The van der Waals surface area contributed by atoms with Crippen molar-refractivity contribution in [2.45, 2.75) is 64.8 Å². The molecule has 1 aliphatic rings. The Kier molecular flexibility index (Phi) is 9.31. The number of aliphatic hydroxyl groups is 1. The quantitative estimate of drug-likeness (QED) is 0.222. The predicted octanol–water partition coefficient (Wildman–Crippen LogP) is 6.25. The molecule has 4 aromatic rings. The van der Waals surface area contributed by atoms with E-state index in [-0.39, 0.29) is 18.3 Å². The number of rotatable bonds is 9. The first-order valence-electron chi connectivity index (χ1n) is 14.6. The number of aliphatic hydroxyl groups excluding tert-OH is 1. The molecule has 1 aromatic carbocycles. The zero-order valence-corrected chi connectivity index (χ0v) is 25.8. The maximum Gasteiger partial charge on any atom is 0.434 e. The number of carboxylic acid groups (broad SMARTS) is 1. The molecule has 1 fully saturated rings. The number of hydrogen-bond donors (Lipinski definition) is 2. The maximum atomic E-state index is 13.8. The molecule has 13 heteroatoms. The molecule has 2 N–H and O–H groups in total. The smallest absolute Gasteiger partial charge is 0.434 e. The molecule has 0 saturated carbocycles. The Hall–Kier alpha value is -4.23. The van der Waals surface area contributed by atoms with Gasteiger partial charge in [-0.05, 0) is 80.5 Å². The molecule has 0 bridgehead atoms. The number of carbonyl (C=O) groups excluding carboxylic acids is 1. The number of aromatic carboxylic acids is 1. The van der Waals surface area contributed by atoms with E-state index in [9.17, 15) is 33.0 Å². The maximum absolute atomic E-state index is 13.8. The lowest BCUT2D eigenvalue weighted by Gasteiger charge is -2.33. The molecule has 4 heterocycles. The molecule has 1 saturated heterocycles. The van der Waals surface area contributed by atoms with Crippen LogP contribution < -0.4 is 4.74 Å². The summed E-state index contributed by atoms with van der Waals surface area (Å²) >= 11 is 1.43. The van der Waals surface area contributed by atoms with Gasteiger partial charge in [0.15, 0.2) is 11.5 Å². The fraction of sp³-hybridized carbons (Fsp3) is 0.375. The number of likely N-dealkylation sites (tertiary alicyclic amines) is 1. The Morgan fingerprint density at radius 3 is 2.51 bits per heavy atom. The van der Waals surface area contributed by atoms with Gasteiger partial charge in [-0.2, -0.15) is 18.3 Å². The van der Waals surface area contributed by atoms with Gasteiger partial charge in [0.05, 0.1) is 16.8 Å². The highest BCUT2D eigenvalue weighted by Crippen LogP contribution is 2.37. The highest BCUT2D eigenvalue weighted by atomic mass is 32.1. The van der Waals surface area contributed by atoms with Crippen molar-refractivity contribution in [2.24, 2.45) is 0 Å². The molecule has 9 nitrogen and oxygen atoms in total. The predicted molar refractivity (Wildman–Crippen MR) is 162 cm³/mol. The van der Waals surface area contributed by atoms with Crippen molar-refractivity contribution in [3.8, 4) is 22.1 Å². The van der Waals surface area contributed by atoms with Crippen LogP contribution in [0, 0.1) is 6.92 Å². The van der Waals surface area contributed by atoms with Gasteiger partial charge in [0.25, 0.3) is 5.91 Å². The molecule has 1 unspecified atom stereocenters. The van der Waals surface area contributed by atoms with Crippen molar-refractivity contribution in [1.29, 1.82) is 0 Å². The summed E-state index contributed by atoms with van der Waals surface area (Å²) in [6, 6.07) is 12.5. The highest BCUT2D eigenvalue weighted by molar-refractivity contribution is 7.15. The average Bonchev–Trinajstić information content (AvgIpc) is 3.64. The molecule has 45 heavy (non-hydrogen) atoms. The number of carboxylic acids is 1. The number of pyridine rings is 1. The number of nitrogens with zero attached hydrogens (tertiary/aromatic N) is 4. The zero-order chi connectivity index (χ0) is 32.5. The third-order valence-corrected chi connectivity index (χ3v) is 8.99. The minimum absolute atomic E-state index is 0.158. The average molecular weight is 643 g/mol. The number of aryl methyl sites for hydroxylation is 2. The summed E-state index contributed by atoms with van der Waals surface area (Å²) in [4.78, 5) is 31.4. The van der Waals surface area contributed by atoms with Crippen molar-refractivity contribution in [3.63, 3.8) is 0 Å². The molecular formula is C32H33F3N4O5S. The van der Waals surface area contributed by atoms with Gasteiger partial charge >= 0.3 is 12.1 Å². The topological polar surface area (TPSA) is 118 Å². The molecule has 1 atom stereocenters. The number of ether oxygens (including phenoxy) is 1.